The van der Waals surface area contributed by atoms with Crippen molar-refractivity contribution in [1.82, 2.24) is 5.32 Å². The molecule has 1 N–H and O–H groups in total. The van der Waals surface area contributed by atoms with Crippen LogP contribution in [0.25, 0.3) is 11.3 Å². The molecule has 0 spiro atoms. The first-order valence-electron chi connectivity index (χ1n) is 11.2. The number of benzene rings is 3. The average molecular weight is 482 g/mol. The summed E-state index contributed by atoms with van der Waals surface area (Å²) < 4.78 is 20.1. The fourth-order valence-corrected chi connectivity index (χ4v) is 3.33. The van der Waals surface area contributed by atoms with Crippen LogP contribution in [0.15, 0.2) is 83.3 Å². The second kappa shape index (κ2) is 12.7. The van der Waals surface area contributed by atoms with Gasteiger partial charge in [0.15, 0.2) is 5.76 Å². The minimum absolute atomic E-state index is 0.249. The molecule has 0 radical (unpaired) electrons. The molecule has 0 saturated carbocycles. The van der Waals surface area contributed by atoms with Crippen molar-refractivity contribution in [1.29, 1.82) is 0 Å². The van der Waals surface area contributed by atoms with Crippen LogP contribution in [0, 0.1) is 31.5 Å². The van der Waals surface area contributed by atoms with Crippen molar-refractivity contribution in [3.8, 4) is 23.2 Å². The third-order valence-electron chi connectivity index (χ3n) is 5.29. The average Bonchev–Trinajstić information content (AvgIpc) is 3.36. The van der Waals surface area contributed by atoms with Crippen molar-refractivity contribution >= 4 is 12.1 Å². The summed E-state index contributed by atoms with van der Waals surface area (Å²) in [5.41, 5.74) is 5.21. The second-order valence-corrected chi connectivity index (χ2v) is 8.05. The van der Waals surface area contributed by atoms with E-state index in [0.717, 1.165) is 27.8 Å². The van der Waals surface area contributed by atoms with E-state index in [9.17, 15) is 9.18 Å². The molecule has 36 heavy (non-hydrogen) atoms. The monoisotopic (exact) mass is 481 g/mol. The summed E-state index contributed by atoms with van der Waals surface area (Å²) in [6.07, 6.45) is 0.750. The molecule has 0 unspecified atom stereocenters. The zero-order valence-electron chi connectivity index (χ0n) is 19.9. The summed E-state index contributed by atoms with van der Waals surface area (Å²) in [4.78, 5) is 28.6. The Balaban J connectivity index is 0.00000115. The Hall–Kier alpha value is -4.72. The maximum absolute atomic E-state index is 14.5. The Morgan fingerprint density at radius 1 is 0.861 bits per heavy atom. The standard InChI is InChI=1S/C29H24FNO2.CO2/c1-20-3-7-22(8-4-20)9-13-24-14-10-23(19-26(24)30)17-18-31-29(32)28-16-15-27(33-28)25-11-5-21(2)6-12-25;2-1-3/h3-8,10-12,14-16,19H,17-18H2,1-2H3,(H,31,32);. The topological polar surface area (TPSA) is 76.4 Å². The van der Waals surface area contributed by atoms with E-state index in [-0.39, 0.29) is 23.6 Å². The van der Waals surface area contributed by atoms with Gasteiger partial charge in [-0.3, -0.25) is 4.79 Å². The zero-order chi connectivity index (χ0) is 25.9. The molecule has 0 bridgehead atoms. The first-order chi connectivity index (χ1) is 17.4. The first kappa shape index (κ1) is 25.9. The smallest absolute Gasteiger partial charge is 0.373 e. The van der Waals surface area contributed by atoms with Gasteiger partial charge in [-0.25, -0.2) is 4.39 Å². The minimum Gasteiger partial charge on any atom is -0.451 e. The van der Waals surface area contributed by atoms with Gasteiger partial charge in [-0.1, -0.05) is 65.4 Å². The molecule has 0 aliphatic rings. The van der Waals surface area contributed by atoms with Gasteiger partial charge in [0.05, 0.1) is 5.56 Å². The summed E-state index contributed by atoms with van der Waals surface area (Å²) in [7, 11) is 0. The summed E-state index contributed by atoms with van der Waals surface area (Å²) in [6, 6.07) is 24.1. The van der Waals surface area contributed by atoms with E-state index in [1.165, 1.54) is 6.07 Å². The molecule has 180 valence electrons. The minimum atomic E-state index is -0.368. The Labute approximate surface area is 209 Å². The fourth-order valence-electron chi connectivity index (χ4n) is 3.33. The largest absolute Gasteiger partial charge is 0.451 e. The van der Waals surface area contributed by atoms with Crippen molar-refractivity contribution in [2.75, 3.05) is 6.54 Å². The maximum Gasteiger partial charge on any atom is 0.373 e. The van der Waals surface area contributed by atoms with Gasteiger partial charge in [-0.2, -0.15) is 9.59 Å². The summed E-state index contributed by atoms with van der Waals surface area (Å²) in [6.45, 7) is 4.39. The molecule has 3 aromatic carbocycles. The van der Waals surface area contributed by atoms with Crippen molar-refractivity contribution in [3.05, 3.63) is 118 Å². The number of hydrogen-bond acceptors (Lipinski definition) is 4. The number of furan rings is 1. The normalized spacial score (nSPS) is 9.75. The van der Waals surface area contributed by atoms with Crippen molar-refractivity contribution in [2.24, 2.45) is 0 Å². The lowest BCUT2D eigenvalue weighted by Crippen LogP contribution is -2.25. The lowest BCUT2D eigenvalue weighted by Gasteiger charge is -2.05. The third kappa shape index (κ3) is 7.39. The predicted octanol–water partition coefficient (Wildman–Crippen LogP) is 5.49. The lowest BCUT2D eigenvalue weighted by atomic mass is 10.1. The quantitative estimate of drug-likeness (QED) is 0.383. The zero-order valence-corrected chi connectivity index (χ0v) is 19.9. The van der Waals surface area contributed by atoms with Gasteiger partial charge in [0.25, 0.3) is 5.91 Å². The van der Waals surface area contributed by atoms with Gasteiger partial charge in [-0.05, 0) is 62.2 Å². The summed E-state index contributed by atoms with van der Waals surface area (Å²) in [5, 5.41) is 2.82. The summed E-state index contributed by atoms with van der Waals surface area (Å²) in [5.74, 6) is 6.09. The molecule has 1 aromatic heterocycles. The van der Waals surface area contributed by atoms with Crippen LogP contribution < -0.4 is 5.32 Å². The fraction of sp³-hybridized carbons (Fsp3) is 0.133. The highest BCUT2D eigenvalue weighted by atomic mass is 19.1. The highest BCUT2D eigenvalue weighted by Gasteiger charge is 2.12. The van der Waals surface area contributed by atoms with Crippen molar-refractivity contribution in [3.63, 3.8) is 0 Å². The molecular weight excluding hydrogens is 457 g/mol. The van der Waals surface area contributed by atoms with E-state index in [2.05, 4.69) is 17.2 Å². The number of carbonyl (C=O) groups excluding carboxylic acids is 3. The number of halogens is 1. The van der Waals surface area contributed by atoms with Crippen LogP contribution in [0.4, 0.5) is 4.39 Å². The van der Waals surface area contributed by atoms with Crippen LogP contribution >= 0.6 is 0 Å². The molecule has 0 atom stereocenters. The number of hydrogen-bond donors (Lipinski definition) is 1. The molecular formula is C30H24FNO4. The number of carbonyl (C=O) groups is 1. The van der Waals surface area contributed by atoms with Crippen LogP contribution in [0.3, 0.4) is 0 Å². The Morgan fingerprint density at radius 2 is 1.50 bits per heavy atom. The molecule has 0 aliphatic heterocycles. The molecule has 5 nitrogen and oxygen atoms in total. The number of nitrogens with one attached hydrogen (secondary N) is 1. The van der Waals surface area contributed by atoms with E-state index < -0.39 is 0 Å². The van der Waals surface area contributed by atoms with Gasteiger partial charge in [0, 0.05) is 17.7 Å². The third-order valence-corrected chi connectivity index (χ3v) is 5.29. The molecule has 4 rings (SSSR count). The van der Waals surface area contributed by atoms with Crippen LogP contribution in [0.2, 0.25) is 0 Å². The molecule has 0 fully saturated rings. The van der Waals surface area contributed by atoms with E-state index in [4.69, 9.17) is 14.0 Å². The van der Waals surface area contributed by atoms with Crippen LogP contribution in [0.1, 0.15) is 38.4 Å². The molecule has 1 heterocycles. The lowest BCUT2D eigenvalue weighted by molar-refractivity contribution is -0.191. The molecule has 6 heteroatoms. The second-order valence-electron chi connectivity index (χ2n) is 8.05. The van der Waals surface area contributed by atoms with E-state index >= 15 is 0 Å². The SMILES string of the molecule is Cc1ccc(C#Cc2ccc(CCNC(=O)c3ccc(-c4ccc(C)cc4)o3)cc2F)cc1.O=C=O. The van der Waals surface area contributed by atoms with Crippen LogP contribution in [-0.2, 0) is 16.0 Å². The maximum atomic E-state index is 14.5. The molecule has 0 saturated heterocycles. The van der Waals surface area contributed by atoms with E-state index in [1.54, 1.807) is 18.2 Å². The molecule has 1 amide bonds. The highest BCUT2D eigenvalue weighted by Crippen LogP contribution is 2.22. The van der Waals surface area contributed by atoms with Crippen molar-refractivity contribution < 1.29 is 23.2 Å². The number of rotatable bonds is 5. The first-order valence-corrected chi connectivity index (χ1v) is 11.2. The summed E-state index contributed by atoms with van der Waals surface area (Å²) >= 11 is 0. The van der Waals surface area contributed by atoms with Gasteiger partial charge >= 0.3 is 6.15 Å². The Kier molecular flexibility index (Phi) is 9.11. The van der Waals surface area contributed by atoms with Crippen LogP contribution in [0.5, 0.6) is 0 Å². The van der Waals surface area contributed by atoms with Gasteiger partial charge in [0.1, 0.15) is 11.6 Å². The molecule has 4 aromatic rings. The van der Waals surface area contributed by atoms with E-state index in [1.807, 2.05) is 68.4 Å². The molecule has 0 aliphatic carbocycles. The van der Waals surface area contributed by atoms with Crippen molar-refractivity contribution in [2.45, 2.75) is 20.3 Å². The highest BCUT2D eigenvalue weighted by molar-refractivity contribution is 5.92. The number of aryl methyl sites for hydroxylation is 2. The predicted molar refractivity (Wildman–Crippen MR) is 133 cm³/mol. The van der Waals surface area contributed by atoms with Crippen LogP contribution in [-0.4, -0.2) is 18.6 Å². The van der Waals surface area contributed by atoms with Gasteiger partial charge in [0.2, 0.25) is 0 Å². The van der Waals surface area contributed by atoms with Gasteiger partial charge in [-0.15, -0.1) is 0 Å². The Morgan fingerprint density at radius 3 is 2.14 bits per heavy atom. The Bertz CT molecular complexity index is 1420. The number of amides is 1. The van der Waals surface area contributed by atoms with E-state index in [0.29, 0.717) is 24.3 Å². The van der Waals surface area contributed by atoms with Gasteiger partial charge < -0.3 is 9.73 Å².